The smallest absolute Gasteiger partial charge is 0.151 e. The third kappa shape index (κ3) is 8.30. The average Bonchev–Trinajstić information content (AvgIpc) is 2.02. The lowest BCUT2D eigenvalue weighted by Gasteiger charge is -2.03. The van der Waals surface area contributed by atoms with Crippen LogP contribution >= 0.6 is 23.2 Å². The van der Waals surface area contributed by atoms with E-state index in [4.69, 9.17) is 23.2 Å². The Hall–Kier alpha value is 0.480. The molecule has 0 saturated carbocycles. The van der Waals surface area contributed by atoms with Crippen LogP contribution in [-0.2, 0) is 19.7 Å². The Bertz CT molecular complexity index is 324. The predicted molar refractivity (Wildman–Crippen MR) is 63.4 cm³/mol. The molecule has 0 bridgehead atoms. The number of hydrogen-bond donors (Lipinski definition) is 0. The summed E-state index contributed by atoms with van der Waals surface area (Å²) in [6.45, 7) is 0. The maximum Gasteiger partial charge on any atom is 0.151 e. The van der Waals surface area contributed by atoms with Gasteiger partial charge in [0.2, 0.25) is 0 Å². The van der Waals surface area contributed by atoms with Crippen LogP contribution in [0.3, 0.4) is 0 Å². The van der Waals surface area contributed by atoms with Crippen LogP contribution in [0.4, 0.5) is 0 Å². The summed E-state index contributed by atoms with van der Waals surface area (Å²) in [6.07, 6.45) is 0.110. The first kappa shape index (κ1) is 15.5. The molecule has 0 rings (SSSR count). The van der Waals surface area contributed by atoms with Crippen molar-refractivity contribution >= 4 is 42.9 Å². The van der Waals surface area contributed by atoms with Crippen molar-refractivity contribution in [3.05, 3.63) is 0 Å². The van der Waals surface area contributed by atoms with Gasteiger partial charge in [0, 0.05) is 11.8 Å². The van der Waals surface area contributed by atoms with Crippen LogP contribution in [0.25, 0.3) is 0 Å². The van der Waals surface area contributed by atoms with Crippen LogP contribution in [0, 0.1) is 0 Å². The quantitative estimate of drug-likeness (QED) is 0.618. The Balaban J connectivity index is 4.00. The van der Waals surface area contributed by atoms with Gasteiger partial charge in [0.1, 0.15) is 0 Å². The molecule has 4 nitrogen and oxygen atoms in total. The molecular weight excluding hydrogens is 283 g/mol. The van der Waals surface area contributed by atoms with Crippen LogP contribution < -0.4 is 0 Å². The summed E-state index contributed by atoms with van der Waals surface area (Å²) in [7, 11) is -6.40. The minimum atomic E-state index is -3.20. The van der Waals surface area contributed by atoms with Gasteiger partial charge in [0.25, 0.3) is 0 Å². The molecular formula is C7H14Cl2O4S2. The molecule has 0 atom stereocenters. The largest absolute Gasteiger partial charge is 0.229 e. The Morgan fingerprint density at radius 1 is 0.667 bits per heavy atom. The summed E-state index contributed by atoms with van der Waals surface area (Å²) in [6, 6.07) is 0. The standard InChI is InChI=1S/C7H14Cl2O4S2/c8-2-6-14(10,11)4-1-5-15(12,13)7-3-9/h1-7H2. The summed E-state index contributed by atoms with van der Waals surface area (Å²) in [5.41, 5.74) is 0. The van der Waals surface area contributed by atoms with Crippen molar-refractivity contribution in [2.75, 3.05) is 34.8 Å². The van der Waals surface area contributed by atoms with Crippen molar-refractivity contribution in [1.29, 1.82) is 0 Å². The fourth-order valence-corrected chi connectivity index (χ4v) is 4.58. The molecule has 0 spiro atoms. The molecule has 0 saturated heterocycles. The van der Waals surface area contributed by atoms with E-state index in [2.05, 4.69) is 0 Å². The third-order valence-corrected chi connectivity index (χ3v) is 5.99. The van der Waals surface area contributed by atoms with Gasteiger partial charge in [-0.2, -0.15) is 0 Å². The molecule has 0 aromatic rings. The summed E-state index contributed by atoms with van der Waals surface area (Å²) in [4.78, 5) is 0. The molecule has 0 amide bonds. The third-order valence-electron chi connectivity index (χ3n) is 1.69. The van der Waals surface area contributed by atoms with Gasteiger partial charge in [-0.25, -0.2) is 16.8 Å². The Morgan fingerprint density at radius 3 is 1.27 bits per heavy atom. The molecule has 0 aliphatic carbocycles. The first-order valence-electron chi connectivity index (χ1n) is 4.36. The van der Waals surface area contributed by atoms with E-state index in [1.807, 2.05) is 0 Å². The van der Waals surface area contributed by atoms with Crippen LogP contribution in [0.5, 0.6) is 0 Å². The predicted octanol–water partition coefficient (Wildman–Crippen LogP) is 0.684. The number of sulfone groups is 2. The lowest BCUT2D eigenvalue weighted by Crippen LogP contribution is -2.18. The second-order valence-corrected chi connectivity index (χ2v) is 8.40. The fraction of sp³-hybridized carbons (Fsp3) is 1.00. The van der Waals surface area contributed by atoms with Gasteiger partial charge in [0.05, 0.1) is 23.0 Å². The van der Waals surface area contributed by atoms with Crippen LogP contribution in [0.1, 0.15) is 6.42 Å². The molecule has 0 radical (unpaired) electrons. The zero-order chi connectivity index (χ0) is 11.9. The highest BCUT2D eigenvalue weighted by Crippen LogP contribution is 2.00. The second kappa shape index (κ2) is 6.93. The summed E-state index contributed by atoms with van der Waals surface area (Å²) in [5, 5.41) is 0. The van der Waals surface area contributed by atoms with E-state index in [0.29, 0.717) is 0 Å². The second-order valence-electron chi connectivity index (χ2n) is 3.04. The highest BCUT2D eigenvalue weighted by atomic mass is 35.5. The van der Waals surface area contributed by atoms with E-state index in [1.165, 1.54) is 0 Å². The lowest BCUT2D eigenvalue weighted by atomic mass is 10.6. The van der Waals surface area contributed by atoms with Crippen molar-refractivity contribution in [1.82, 2.24) is 0 Å². The first-order chi connectivity index (χ1) is 6.83. The number of hydrogen-bond acceptors (Lipinski definition) is 4. The van der Waals surface area contributed by atoms with E-state index in [9.17, 15) is 16.8 Å². The molecule has 0 aromatic heterocycles. The molecule has 0 aromatic carbocycles. The van der Waals surface area contributed by atoms with Crippen molar-refractivity contribution in [2.45, 2.75) is 6.42 Å². The first-order valence-corrected chi connectivity index (χ1v) is 9.07. The van der Waals surface area contributed by atoms with E-state index in [-0.39, 0.29) is 41.2 Å². The van der Waals surface area contributed by atoms with E-state index in [1.54, 1.807) is 0 Å². The monoisotopic (exact) mass is 296 g/mol. The van der Waals surface area contributed by atoms with Gasteiger partial charge in [0.15, 0.2) is 19.7 Å². The zero-order valence-corrected chi connectivity index (χ0v) is 11.3. The summed E-state index contributed by atoms with van der Waals surface area (Å²) >= 11 is 10.6. The van der Waals surface area contributed by atoms with Crippen molar-refractivity contribution in [3.8, 4) is 0 Å². The van der Waals surface area contributed by atoms with Gasteiger partial charge >= 0.3 is 0 Å². The minimum Gasteiger partial charge on any atom is -0.229 e. The Labute approximate surface area is 101 Å². The lowest BCUT2D eigenvalue weighted by molar-refractivity contribution is 0.591. The van der Waals surface area contributed by atoms with Crippen molar-refractivity contribution in [2.24, 2.45) is 0 Å². The minimum absolute atomic E-state index is 0.0385. The van der Waals surface area contributed by atoms with Crippen molar-refractivity contribution in [3.63, 3.8) is 0 Å². The Kier molecular flexibility index (Phi) is 7.16. The normalized spacial score (nSPS) is 12.9. The fourth-order valence-electron chi connectivity index (χ4n) is 0.938. The molecule has 0 aliphatic rings. The van der Waals surface area contributed by atoms with Gasteiger partial charge in [-0.05, 0) is 6.42 Å². The SMILES string of the molecule is O=S(=O)(CCCl)CCCS(=O)(=O)CCCl. The zero-order valence-electron chi connectivity index (χ0n) is 8.16. The Morgan fingerprint density at radius 2 is 1.00 bits per heavy atom. The van der Waals surface area contributed by atoms with Gasteiger partial charge < -0.3 is 0 Å². The number of alkyl halides is 2. The van der Waals surface area contributed by atoms with Crippen LogP contribution in [0.15, 0.2) is 0 Å². The maximum atomic E-state index is 11.2. The molecule has 15 heavy (non-hydrogen) atoms. The molecule has 0 heterocycles. The molecule has 0 unspecified atom stereocenters. The van der Waals surface area contributed by atoms with E-state index in [0.717, 1.165) is 0 Å². The molecule has 0 N–H and O–H groups in total. The van der Waals surface area contributed by atoms with Gasteiger partial charge in [-0.3, -0.25) is 0 Å². The van der Waals surface area contributed by atoms with Gasteiger partial charge in [-0.15, -0.1) is 23.2 Å². The van der Waals surface area contributed by atoms with Crippen LogP contribution in [0.2, 0.25) is 0 Å². The molecule has 92 valence electrons. The molecule has 0 aliphatic heterocycles. The number of rotatable bonds is 8. The topological polar surface area (TPSA) is 68.3 Å². The summed E-state index contributed by atoms with van der Waals surface area (Å²) in [5.74, 6) is -0.412. The molecule has 8 heteroatoms. The average molecular weight is 297 g/mol. The molecule has 0 fully saturated rings. The van der Waals surface area contributed by atoms with Crippen LogP contribution in [-0.4, -0.2) is 51.6 Å². The van der Waals surface area contributed by atoms with Crippen molar-refractivity contribution < 1.29 is 16.8 Å². The number of halogens is 2. The van der Waals surface area contributed by atoms with E-state index < -0.39 is 19.7 Å². The summed E-state index contributed by atoms with van der Waals surface area (Å²) < 4.78 is 44.7. The van der Waals surface area contributed by atoms with Gasteiger partial charge in [-0.1, -0.05) is 0 Å². The van der Waals surface area contributed by atoms with E-state index >= 15 is 0 Å². The highest BCUT2D eigenvalue weighted by molar-refractivity contribution is 7.92. The maximum absolute atomic E-state index is 11.2. The highest BCUT2D eigenvalue weighted by Gasteiger charge is 2.14.